The van der Waals surface area contributed by atoms with Gasteiger partial charge < -0.3 is 18.9 Å². The van der Waals surface area contributed by atoms with E-state index in [1.165, 1.54) is 44.9 Å². The Hall–Kier alpha value is -0.160. The molecule has 0 aromatic carbocycles. The molecule has 0 bridgehead atoms. The lowest BCUT2D eigenvalue weighted by molar-refractivity contribution is -0.253. The molecule has 0 amide bonds. The molecule has 0 heterocycles. The minimum atomic E-state index is -0.423. The van der Waals surface area contributed by atoms with Crippen LogP contribution in [0, 0.1) is 23.7 Å². The van der Waals surface area contributed by atoms with E-state index in [1.807, 2.05) is 13.8 Å². The number of rotatable bonds is 20. The zero-order valence-corrected chi connectivity index (χ0v) is 27.0. The van der Waals surface area contributed by atoms with Crippen LogP contribution in [-0.2, 0) is 18.9 Å². The highest BCUT2D eigenvalue weighted by atomic mass is 16.7. The van der Waals surface area contributed by atoms with Gasteiger partial charge in [-0.15, -0.1) is 0 Å². The van der Waals surface area contributed by atoms with Crippen molar-refractivity contribution in [3.8, 4) is 0 Å². The van der Waals surface area contributed by atoms with Crippen molar-refractivity contribution >= 4 is 0 Å². The van der Waals surface area contributed by atoms with Gasteiger partial charge in [-0.25, -0.2) is 0 Å². The molecule has 0 N–H and O–H groups in total. The van der Waals surface area contributed by atoms with E-state index in [9.17, 15) is 0 Å². The lowest BCUT2D eigenvalue weighted by Gasteiger charge is -2.37. The van der Waals surface area contributed by atoms with E-state index in [2.05, 4.69) is 55.4 Å². The smallest absolute Gasteiger partial charge is 0.168 e. The molecule has 0 unspecified atom stereocenters. The van der Waals surface area contributed by atoms with E-state index < -0.39 is 5.79 Å². The van der Waals surface area contributed by atoms with Gasteiger partial charge >= 0.3 is 0 Å². The summed E-state index contributed by atoms with van der Waals surface area (Å²) in [6.07, 6.45) is 15.6. The maximum Gasteiger partial charge on any atom is 0.168 e. The second-order valence-corrected chi connectivity index (χ2v) is 13.4. The van der Waals surface area contributed by atoms with Crippen LogP contribution in [0.25, 0.3) is 0 Å². The standard InChI is InChI=1S/C18H36O2.C15H32O2/c1-16(2)10-8-14-19-18(12-6-5-7-13-18)20-15-9-11-17(3)4;1-13(2)9-7-11-16-15(5,6)17-12-8-10-14(3)4/h16-17H,5-15H2,1-4H3;13-14H,7-12H2,1-6H3. The Bertz CT molecular complexity index is 457. The van der Waals surface area contributed by atoms with Crippen molar-refractivity contribution in [2.45, 2.75) is 164 Å². The normalized spacial score (nSPS) is 16.1. The molecule has 0 aliphatic heterocycles. The molecule has 1 rings (SSSR count). The number of ether oxygens (including phenoxy) is 4. The lowest BCUT2D eigenvalue weighted by Crippen LogP contribution is -2.39. The summed E-state index contributed by atoms with van der Waals surface area (Å²) in [7, 11) is 0. The first-order valence-electron chi connectivity index (χ1n) is 15.9. The summed E-state index contributed by atoms with van der Waals surface area (Å²) in [5.74, 6) is 2.39. The quantitative estimate of drug-likeness (QED) is 0.116. The number of hydrogen-bond acceptors (Lipinski definition) is 4. The van der Waals surface area contributed by atoms with Gasteiger partial charge in [-0.1, -0.05) is 61.8 Å². The Labute approximate surface area is 233 Å². The summed E-state index contributed by atoms with van der Waals surface area (Å²) in [6, 6.07) is 0. The van der Waals surface area contributed by atoms with Gasteiger partial charge in [0, 0.05) is 12.8 Å². The molecular weight excluding hydrogens is 460 g/mol. The van der Waals surface area contributed by atoms with Crippen LogP contribution in [0.15, 0.2) is 0 Å². The fraction of sp³-hybridized carbons (Fsp3) is 1.00. The molecule has 0 radical (unpaired) electrons. The third-order valence-electron chi connectivity index (χ3n) is 6.95. The average Bonchev–Trinajstić information content (AvgIpc) is 2.81. The Balaban J connectivity index is 0.000000712. The lowest BCUT2D eigenvalue weighted by atomic mass is 9.94. The monoisotopic (exact) mass is 529 g/mol. The van der Waals surface area contributed by atoms with E-state index >= 15 is 0 Å². The van der Waals surface area contributed by atoms with E-state index in [0.29, 0.717) is 0 Å². The minimum Gasteiger partial charge on any atom is -0.351 e. The van der Waals surface area contributed by atoms with Crippen molar-refractivity contribution in [1.29, 1.82) is 0 Å². The molecule has 0 saturated heterocycles. The highest BCUT2D eigenvalue weighted by Gasteiger charge is 2.33. The van der Waals surface area contributed by atoms with E-state index in [0.717, 1.165) is 88.6 Å². The van der Waals surface area contributed by atoms with Crippen LogP contribution in [0.3, 0.4) is 0 Å². The summed E-state index contributed by atoms with van der Waals surface area (Å²) in [5, 5.41) is 0. The zero-order valence-electron chi connectivity index (χ0n) is 27.0. The molecule has 1 saturated carbocycles. The van der Waals surface area contributed by atoms with Crippen molar-refractivity contribution in [2.24, 2.45) is 23.7 Å². The van der Waals surface area contributed by atoms with Gasteiger partial charge in [0.05, 0.1) is 26.4 Å². The largest absolute Gasteiger partial charge is 0.351 e. The van der Waals surface area contributed by atoms with Crippen LogP contribution < -0.4 is 0 Å². The average molecular weight is 529 g/mol. The molecule has 0 aromatic heterocycles. The molecule has 0 aromatic rings. The van der Waals surface area contributed by atoms with Crippen LogP contribution in [0.5, 0.6) is 0 Å². The maximum atomic E-state index is 6.21. The van der Waals surface area contributed by atoms with Crippen molar-refractivity contribution in [2.75, 3.05) is 26.4 Å². The predicted molar refractivity (Wildman–Crippen MR) is 160 cm³/mol. The van der Waals surface area contributed by atoms with Gasteiger partial charge in [0.15, 0.2) is 11.6 Å². The van der Waals surface area contributed by atoms with Crippen LogP contribution in [0.1, 0.15) is 153 Å². The maximum absolute atomic E-state index is 6.21. The van der Waals surface area contributed by atoms with Gasteiger partial charge in [-0.3, -0.25) is 0 Å². The third kappa shape index (κ3) is 23.4. The highest BCUT2D eigenvalue weighted by molar-refractivity contribution is 4.75. The fourth-order valence-corrected chi connectivity index (χ4v) is 4.58. The van der Waals surface area contributed by atoms with E-state index in [4.69, 9.17) is 18.9 Å². The molecule has 0 atom stereocenters. The first-order valence-corrected chi connectivity index (χ1v) is 15.9. The fourth-order valence-electron chi connectivity index (χ4n) is 4.58. The Morgan fingerprint density at radius 3 is 1.16 bits per heavy atom. The molecule has 1 aliphatic rings. The van der Waals surface area contributed by atoms with Crippen molar-refractivity contribution in [3.05, 3.63) is 0 Å². The SMILES string of the molecule is CC(C)CCCOC(C)(C)OCCCC(C)C.CC(C)CCCOC1(OCCCC(C)C)CCCCC1. The molecule has 0 spiro atoms. The van der Waals surface area contributed by atoms with Crippen LogP contribution in [-0.4, -0.2) is 38.0 Å². The highest BCUT2D eigenvalue weighted by Crippen LogP contribution is 2.33. The van der Waals surface area contributed by atoms with Gasteiger partial charge in [-0.05, 0) is 102 Å². The van der Waals surface area contributed by atoms with Crippen LogP contribution in [0.4, 0.5) is 0 Å². The molecule has 1 fully saturated rings. The van der Waals surface area contributed by atoms with Crippen molar-refractivity contribution in [3.63, 3.8) is 0 Å². The molecule has 4 nitrogen and oxygen atoms in total. The summed E-state index contributed by atoms with van der Waals surface area (Å²) in [6.45, 7) is 25.4. The van der Waals surface area contributed by atoms with E-state index in [-0.39, 0.29) is 5.79 Å². The first-order chi connectivity index (χ1) is 17.4. The van der Waals surface area contributed by atoms with Crippen LogP contribution in [0.2, 0.25) is 0 Å². The van der Waals surface area contributed by atoms with Gasteiger partial charge in [0.1, 0.15) is 0 Å². The molecular formula is C33H68O4. The molecule has 1 aliphatic carbocycles. The second-order valence-electron chi connectivity index (χ2n) is 13.4. The van der Waals surface area contributed by atoms with Gasteiger partial charge in [0.25, 0.3) is 0 Å². The first kappa shape index (κ1) is 36.8. The summed E-state index contributed by atoms with van der Waals surface area (Å²) in [4.78, 5) is 0. The predicted octanol–water partition coefficient (Wildman–Crippen LogP) is 10.2. The summed E-state index contributed by atoms with van der Waals surface area (Å²) < 4.78 is 23.9. The second kappa shape index (κ2) is 21.6. The third-order valence-corrected chi connectivity index (χ3v) is 6.95. The van der Waals surface area contributed by atoms with Crippen LogP contribution >= 0.6 is 0 Å². The molecule has 224 valence electrons. The Morgan fingerprint density at radius 2 is 0.838 bits per heavy atom. The minimum absolute atomic E-state index is 0.244. The van der Waals surface area contributed by atoms with E-state index in [1.54, 1.807) is 0 Å². The summed E-state index contributed by atoms with van der Waals surface area (Å²) in [5.41, 5.74) is 0. The number of hydrogen-bond donors (Lipinski definition) is 0. The Morgan fingerprint density at radius 1 is 0.514 bits per heavy atom. The summed E-state index contributed by atoms with van der Waals surface area (Å²) >= 11 is 0. The van der Waals surface area contributed by atoms with Gasteiger partial charge in [0.2, 0.25) is 0 Å². The molecule has 37 heavy (non-hydrogen) atoms. The molecule has 4 heteroatoms. The van der Waals surface area contributed by atoms with Gasteiger partial charge in [-0.2, -0.15) is 0 Å². The van der Waals surface area contributed by atoms with Crippen molar-refractivity contribution < 1.29 is 18.9 Å². The Kier molecular flexibility index (Phi) is 21.5. The van der Waals surface area contributed by atoms with Crippen molar-refractivity contribution in [1.82, 2.24) is 0 Å². The zero-order chi connectivity index (χ0) is 28.2. The topological polar surface area (TPSA) is 36.9 Å².